The number of nitrogens with one attached hydrogen (secondary N) is 2. The van der Waals surface area contributed by atoms with Crippen LogP contribution >= 0.6 is 11.3 Å². The molecule has 9 heteroatoms. The molecule has 0 unspecified atom stereocenters. The summed E-state index contributed by atoms with van der Waals surface area (Å²) < 4.78 is 0. The molecule has 0 aromatic carbocycles. The molecule has 8 nitrogen and oxygen atoms in total. The van der Waals surface area contributed by atoms with Crippen LogP contribution in [0.1, 0.15) is 26.0 Å². The molecule has 0 spiro atoms. The molecule has 0 atom stereocenters. The van der Waals surface area contributed by atoms with Gasteiger partial charge in [0.05, 0.1) is 12.7 Å². The van der Waals surface area contributed by atoms with E-state index in [2.05, 4.69) is 20.3 Å². The Labute approximate surface area is 110 Å². The van der Waals surface area contributed by atoms with E-state index in [0.29, 0.717) is 5.01 Å². The molecular weight excluding hydrogens is 272 g/mol. The average molecular weight is 280 g/mol. The maximum Gasteiger partial charge on any atom is 0.355 e. The van der Waals surface area contributed by atoms with Crippen LogP contribution in [0.4, 0.5) is 0 Å². The van der Waals surface area contributed by atoms with E-state index in [1.807, 2.05) is 0 Å². The van der Waals surface area contributed by atoms with Crippen molar-refractivity contribution < 1.29 is 14.7 Å². The summed E-state index contributed by atoms with van der Waals surface area (Å²) in [5.41, 5.74) is -0.395. The van der Waals surface area contributed by atoms with Crippen LogP contribution in [-0.2, 0) is 6.54 Å². The number of nitrogens with zero attached hydrogens (tertiary/aromatic N) is 2. The number of carbonyl (C=O) groups excluding carboxylic acids is 1. The van der Waals surface area contributed by atoms with Crippen LogP contribution in [0.2, 0.25) is 0 Å². The Morgan fingerprint density at radius 3 is 2.79 bits per heavy atom. The first-order chi connectivity index (χ1) is 9.06. The van der Waals surface area contributed by atoms with E-state index >= 15 is 0 Å². The first-order valence-electron chi connectivity index (χ1n) is 5.07. The highest BCUT2D eigenvalue weighted by atomic mass is 32.1. The summed E-state index contributed by atoms with van der Waals surface area (Å²) in [5.74, 6) is -1.60. The molecule has 2 aromatic heterocycles. The van der Waals surface area contributed by atoms with E-state index in [4.69, 9.17) is 5.11 Å². The zero-order chi connectivity index (χ0) is 13.8. The van der Waals surface area contributed by atoms with E-state index in [0.717, 1.165) is 17.5 Å². The van der Waals surface area contributed by atoms with Gasteiger partial charge in [0, 0.05) is 11.6 Å². The minimum atomic E-state index is -1.11. The fourth-order valence-corrected chi connectivity index (χ4v) is 1.91. The van der Waals surface area contributed by atoms with Crippen molar-refractivity contribution in [3.63, 3.8) is 0 Å². The molecule has 0 bridgehead atoms. The SMILES string of the molecule is O=C(O)c1csc(CNC(=O)c2c[nH]c(=O)cn2)n1. The molecule has 19 heavy (non-hydrogen) atoms. The molecule has 0 aliphatic rings. The monoisotopic (exact) mass is 280 g/mol. The summed E-state index contributed by atoms with van der Waals surface area (Å²) in [6.45, 7) is 0.0948. The Morgan fingerprint density at radius 1 is 1.42 bits per heavy atom. The summed E-state index contributed by atoms with van der Waals surface area (Å²) >= 11 is 1.13. The van der Waals surface area contributed by atoms with Crippen molar-refractivity contribution in [1.29, 1.82) is 0 Å². The quantitative estimate of drug-likeness (QED) is 0.715. The molecular formula is C10H8N4O4S. The van der Waals surface area contributed by atoms with Gasteiger partial charge >= 0.3 is 5.97 Å². The molecule has 0 saturated heterocycles. The van der Waals surface area contributed by atoms with Crippen molar-refractivity contribution in [2.24, 2.45) is 0 Å². The number of H-pyrrole nitrogens is 1. The molecule has 2 rings (SSSR count). The lowest BCUT2D eigenvalue weighted by molar-refractivity contribution is 0.0691. The van der Waals surface area contributed by atoms with Gasteiger partial charge in [-0.2, -0.15) is 0 Å². The summed E-state index contributed by atoms with van der Waals surface area (Å²) in [7, 11) is 0. The number of hydrogen-bond donors (Lipinski definition) is 3. The first kappa shape index (κ1) is 12.9. The largest absolute Gasteiger partial charge is 0.476 e. The maximum absolute atomic E-state index is 11.6. The second kappa shape index (κ2) is 5.40. The fraction of sp³-hybridized carbons (Fsp3) is 0.100. The smallest absolute Gasteiger partial charge is 0.355 e. The topological polar surface area (TPSA) is 125 Å². The van der Waals surface area contributed by atoms with Crippen molar-refractivity contribution in [2.45, 2.75) is 6.54 Å². The number of carboxylic acids is 1. The van der Waals surface area contributed by atoms with E-state index in [1.165, 1.54) is 11.6 Å². The molecule has 98 valence electrons. The van der Waals surface area contributed by atoms with Gasteiger partial charge in [-0.1, -0.05) is 0 Å². The fourth-order valence-electron chi connectivity index (χ4n) is 1.20. The third-order valence-electron chi connectivity index (χ3n) is 2.08. The number of aromatic nitrogens is 3. The van der Waals surface area contributed by atoms with Gasteiger partial charge in [-0.3, -0.25) is 9.59 Å². The number of aromatic amines is 1. The van der Waals surface area contributed by atoms with Gasteiger partial charge in [-0.25, -0.2) is 14.8 Å². The van der Waals surface area contributed by atoms with Gasteiger partial charge in [0.15, 0.2) is 5.69 Å². The van der Waals surface area contributed by atoms with Gasteiger partial charge in [0.1, 0.15) is 10.7 Å². The lowest BCUT2D eigenvalue weighted by Gasteiger charge is -2.01. The second-order valence-corrected chi connectivity index (χ2v) is 4.35. The predicted octanol–water partition coefficient (Wildman–Crippen LogP) is -0.145. The molecule has 0 aliphatic carbocycles. The zero-order valence-corrected chi connectivity index (χ0v) is 10.2. The van der Waals surface area contributed by atoms with E-state index in [-0.39, 0.29) is 17.9 Å². The van der Waals surface area contributed by atoms with E-state index < -0.39 is 17.4 Å². The zero-order valence-electron chi connectivity index (χ0n) is 9.41. The van der Waals surface area contributed by atoms with Crippen molar-refractivity contribution in [3.8, 4) is 0 Å². The normalized spacial score (nSPS) is 10.1. The van der Waals surface area contributed by atoms with Crippen LogP contribution in [0.5, 0.6) is 0 Å². The Hall–Kier alpha value is -2.55. The molecule has 0 aliphatic heterocycles. The number of thiazole rings is 1. The van der Waals surface area contributed by atoms with Gasteiger partial charge in [0.25, 0.3) is 11.5 Å². The Bertz CT molecular complexity index is 658. The first-order valence-corrected chi connectivity index (χ1v) is 5.95. The third-order valence-corrected chi connectivity index (χ3v) is 2.92. The molecule has 0 radical (unpaired) electrons. The lowest BCUT2D eigenvalue weighted by atomic mass is 10.4. The highest BCUT2D eigenvalue weighted by molar-refractivity contribution is 7.09. The van der Waals surface area contributed by atoms with Crippen LogP contribution in [0.3, 0.4) is 0 Å². The number of aromatic carboxylic acids is 1. The van der Waals surface area contributed by atoms with E-state index in [1.54, 1.807) is 0 Å². The number of rotatable bonds is 4. The van der Waals surface area contributed by atoms with Crippen molar-refractivity contribution in [2.75, 3.05) is 0 Å². The number of carboxylic acid groups (broad SMARTS) is 1. The molecule has 0 saturated carbocycles. The van der Waals surface area contributed by atoms with Crippen LogP contribution in [-0.4, -0.2) is 31.9 Å². The van der Waals surface area contributed by atoms with Crippen molar-refractivity contribution in [3.05, 3.63) is 44.5 Å². The standard InChI is InChI=1S/C10H8N4O4S/c15-7-2-11-5(1-12-7)9(16)13-3-8-14-6(4-19-8)10(17)18/h1-2,4H,3H2,(H,12,15)(H,13,16)(H,17,18). The molecule has 0 fully saturated rings. The van der Waals surface area contributed by atoms with Crippen LogP contribution in [0, 0.1) is 0 Å². The van der Waals surface area contributed by atoms with E-state index in [9.17, 15) is 14.4 Å². The summed E-state index contributed by atoms with van der Waals surface area (Å²) in [4.78, 5) is 42.8. The molecule has 3 N–H and O–H groups in total. The van der Waals surface area contributed by atoms with Crippen molar-refractivity contribution in [1.82, 2.24) is 20.3 Å². The number of hydrogen-bond acceptors (Lipinski definition) is 6. The minimum absolute atomic E-state index is 0.0589. The van der Waals surface area contributed by atoms with Gasteiger partial charge in [-0.15, -0.1) is 11.3 Å². The Balaban J connectivity index is 1.98. The molecule has 2 heterocycles. The van der Waals surface area contributed by atoms with Crippen LogP contribution in [0.25, 0.3) is 0 Å². The predicted molar refractivity (Wildman–Crippen MR) is 65.1 cm³/mol. The number of amides is 1. The summed E-state index contributed by atoms with van der Waals surface area (Å²) in [5, 5.41) is 13.1. The third kappa shape index (κ3) is 3.22. The summed E-state index contributed by atoms with van der Waals surface area (Å²) in [6, 6.07) is 0. The Morgan fingerprint density at radius 2 is 2.21 bits per heavy atom. The van der Waals surface area contributed by atoms with Gasteiger partial charge < -0.3 is 15.4 Å². The lowest BCUT2D eigenvalue weighted by Crippen LogP contribution is -2.25. The van der Waals surface area contributed by atoms with Crippen molar-refractivity contribution >= 4 is 23.2 Å². The average Bonchev–Trinajstić information content (AvgIpc) is 2.86. The second-order valence-electron chi connectivity index (χ2n) is 3.41. The van der Waals surface area contributed by atoms with Gasteiger partial charge in [-0.05, 0) is 0 Å². The summed E-state index contributed by atoms with van der Waals surface area (Å²) in [6.07, 6.45) is 2.20. The van der Waals surface area contributed by atoms with Gasteiger partial charge in [0.2, 0.25) is 0 Å². The highest BCUT2D eigenvalue weighted by Crippen LogP contribution is 2.09. The molecule has 2 aromatic rings. The minimum Gasteiger partial charge on any atom is -0.476 e. The van der Waals surface area contributed by atoms with Crippen LogP contribution in [0.15, 0.2) is 22.6 Å². The molecule has 1 amide bonds. The van der Waals surface area contributed by atoms with Crippen LogP contribution < -0.4 is 10.9 Å². The maximum atomic E-state index is 11.6. The number of carbonyl (C=O) groups is 2. The Kier molecular flexibility index (Phi) is 3.66. The highest BCUT2D eigenvalue weighted by Gasteiger charge is 2.11.